The molecule has 4 rings (SSSR count). The standard InChI is InChI=1S/C23H24O/c1-15-4-5-17-13-18(7-6-16(17)12-15)19-8-9-21-20(14-19)22(24)10-11-23(21,2)3/h4-9,12-14,22,24H,10-11H2,1-3H3/i24T. The van der Waals surface area contributed by atoms with Crippen LogP contribution in [0, 0.1) is 6.92 Å². The number of aliphatic hydroxyl groups excluding tert-OH is 1. The molecular formula is C23H24O. The van der Waals surface area contributed by atoms with E-state index < -0.39 is 0 Å². The van der Waals surface area contributed by atoms with Crippen LogP contribution in [0.5, 0.6) is 0 Å². The van der Waals surface area contributed by atoms with Crippen molar-refractivity contribution in [2.24, 2.45) is 0 Å². The summed E-state index contributed by atoms with van der Waals surface area (Å²) in [6.07, 6.45) is 1.84. The van der Waals surface area contributed by atoms with E-state index in [2.05, 4.69) is 75.4 Å². The van der Waals surface area contributed by atoms with E-state index in [0.29, 0.717) is 0 Å². The minimum Gasteiger partial charge on any atom is -0.388 e. The minimum atomic E-state index is -0.119. The molecule has 1 aliphatic carbocycles. The van der Waals surface area contributed by atoms with Gasteiger partial charge in [0.25, 0.3) is 0 Å². The van der Waals surface area contributed by atoms with Crippen molar-refractivity contribution in [1.82, 2.24) is 0 Å². The van der Waals surface area contributed by atoms with Gasteiger partial charge in [0.05, 0.1) is 6.10 Å². The van der Waals surface area contributed by atoms with Gasteiger partial charge in [-0.15, -0.1) is 0 Å². The third-order valence-corrected chi connectivity index (χ3v) is 5.49. The first-order valence-electron chi connectivity index (χ1n) is 9.16. The van der Waals surface area contributed by atoms with Gasteiger partial charge in [-0.25, -0.2) is 0 Å². The first-order chi connectivity index (χ1) is 12.0. The second-order valence-corrected chi connectivity index (χ2v) is 7.78. The molecule has 0 aromatic heterocycles. The smallest absolute Gasteiger partial charge is 0.211 e. The number of benzene rings is 3. The fraction of sp³-hybridized carbons (Fsp3) is 0.304. The van der Waals surface area contributed by atoms with Gasteiger partial charge in [-0.3, -0.25) is 0 Å². The second kappa shape index (κ2) is 5.46. The Hall–Kier alpha value is -2.12. The Morgan fingerprint density at radius 2 is 1.67 bits per heavy atom. The average molecular weight is 318 g/mol. The molecule has 0 aliphatic heterocycles. The highest BCUT2D eigenvalue weighted by atomic mass is 16.3. The molecule has 1 atom stereocenters. The first-order valence-corrected chi connectivity index (χ1v) is 8.75. The fourth-order valence-corrected chi connectivity index (χ4v) is 3.95. The van der Waals surface area contributed by atoms with E-state index in [1.165, 1.54) is 38.6 Å². The van der Waals surface area contributed by atoms with E-state index in [-0.39, 0.29) is 11.5 Å². The summed E-state index contributed by atoms with van der Waals surface area (Å²) in [6.45, 7) is 6.69. The molecule has 3 aromatic carbocycles. The molecule has 0 radical (unpaired) electrons. The van der Waals surface area contributed by atoms with Gasteiger partial charge < -0.3 is 5.11 Å². The van der Waals surface area contributed by atoms with E-state index in [0.717, 1.165) is 12.8 Å². The zero-order valence-electron chi connectivity index (χ0n) is 15.6. The van der Waals surface area contributed by atoms with Crippen molar-refractivity contribution in [3.05, 3.63) is 71.3 Å². The molecule has 24 heavy (non-hydrogen) atoms. The molecular weight excluding hydrogens is 292 g/mol. The first kappa shape index (κ1) is 14.2. The van der Waals surface area contributed by atoms with Crippen LogP contribution in [-0.4, -0.2) is 6.54 Å². The van der Waals surface area contributed by atoms with Crippen LogP contribution in [0.15, 0.2) is 54.6 Å². The number of hydrogen-bond donors (Lipinski definition) is 1. The van der Waals surface area contributed by atoms with Crippen LogP contribution in [0.1, 0.15) is 49.5 Å². The fourth-order valence-electron chi connectivity index (χ4n) is 3.95. The molecule has 0 fully saturated rings. The lowest BCUT2D eigenvalue weighted by molar-refractivity contribution is 0.139. The molecule has 1 unspecified atom stereocenters. The van der Waals surface area contributed by atoms with Crippen molar-refractivity contribution in [2.75, 3.05) is 0 Å². The summed E-state index contributed by atoms with van der Waals surface area (Å²) < 4.78 is 7.46. The predicted octanol–water partition coefficient (Wildman–Crippen LogP) is 5.92. The van der Waals surface area contributed by atoms with Crippen LogP contribution in [0.25, 0.3) is 21.9 Å². The van der Waals surface area contributed by atoms with Gasteiger partial charge in [-0.05, 0) is 70.3 Å². The van der Waals surface area contributed by atoms with Crippen molar-refractivity contribution < 1.29 is 5.11 Å². The molecule has 0 saturated heterocycles. The normalized spacial score (nSPS) is 19.8. The highest BCUT2D eigenvalue weighted by Gasteiger charge is 2.31. The van der Waals surface area contributed by atoms with E-state index in [1.54, 1.807) is 0 Å². The third-order valence-electron chi connectivity index (χ3n) is 5.49. The predicted molar refractivity (Wildman–Crippen MR) is 101 cm³/mol. The number of rotatable bonds is 2. The van der Waals surface area contributed by atoms with Crippen molar-refractivity contribution in [3.8, 4) is 11.1 Å². The average Bonchev–Trinajstić information content (AvgIpc) is 2.61. The van der Waals surface area contributed by atoms with Gasteiger partial charge in [-0.1, -0.05) is 61.9 Å². The van der Waals surface area contributed by atoms with Crippen LogP contribution < -0.4 is 0 Å². The number of fused-ring (bicyclic) bond motifs is 2. The van der Waals surface area contributed by atoms with E-state index in [1.807, 2.05) is 0 Å². The quantitative estimate of drug-likeness (QED) is 0.622. The van der Waals surface area contributed by atoms with Crippen molar-refractivity contribution in [1.29, 1.82) is 1.43 Å². The second-order valence-electron chi connectivity index (χ2n) is 7.78. The maximum atomic E-state index is 7.46. The van der Waals surface area contributed by atoms with E-state index >= 15 is 0 Å². The number of aliphatic hydroxyl groups is 1. The molecule has 1 N–H and O–H groups in total. The molecule has 0 amide bonds. The Morgan fingerprint density at radius 3 is 2.50 bits per heavy atom. The zero-order valence-corrected chi connectivity index (χ0v) is 14.6. The van der Waals surface area contributed by atoms with Gasteiger partial charge >= 0.3 is 0 Å². The zero-order chi connectivity index (χ0) is 17.6. The molecule has 0 heterocycles. The monoisotopic (exact) mass is 318 g/mol. The molecule has 0 bridgehead atoms. The lowest BCUT2D eigenvalue weighted by Gasteiger charge is -2.35. The molecule has 122 valence electrons. The van der Waals surface area contributed by atoms with Gasteiger partial charge in [0.2, 0.25) is 1.43 Å². The third kappa shape index (κ3) is 2.53. The van der Waals surface area contributed by atoms with Gasteiger partial charge in [0.15, 0.2) is 0 Å². The van der Waals surface area contributed by atoms with Crippen LogP contribution in [0.2, 0.25) is 0 Å². The lowest BCUT2D eigenvalue weighted by atomic mass is 9.71. The minimum absolute atomic E-state index is 0.119. The van der Waals surface area contributed by atoms with Crippen LogP contribution in [0.4, 0.5) is 0 Å². The summed E-state index contributed by atoms with van der Waals surface area (Å²) in [6, 6.07) is 19.9. The van der Waals surface area contributed by atoms with Gasteiger partial charge in [-0.2, -0.15) is 0 Å². The Bertz CT molecular complexity index is 942. The molecule has 0 spiro atoms. The maximum absolute atomic E-state index is 7.46. The van der Waals surface area contributed by atoms with Crippen molar-refractivity contribution in [2.45, 2.75) is 45.1 Å². The molecule has 3 aromatic rings. The van der Waals surface area contributed by atoms with E-state index in [4.69, 9.17) is 6.54 Å². The van der Waals surface area contributed by atoms with Crippen molar-refractivity contribution >= 4 is 10.8 Å². The summed E-state index contributed by atoms with van der Waals surface area (Å²) >= 11 is 0. The van der Waals surface area contributed by atoms with Crippen LogP contribution in [0.3, 0.4) is 0 Å². The Labute approximate surface area is 145 Å². The number of aryl methyl sites for hydroxylation is 1. The van der Waals surface area contributed by atoms with Crippen molar-refractivity contribution in [3.63, 3.8) is 0 Å². The van der Waals surface area contributed by atoms with Crippen LogP contribution in [-0.2, 0) is 5.41 Å². The van der Waals surface area contributed by atoms with Gasteiger partial charge in [0, 0.05) is 0 Å². The molecule has 1 nitrogen and oxygen atoms in total. The lowest BCUT2D eigenvalue weighted by Crippen LogP contribution is -2.26. The SMILES string of the molecule is [3H]OC1CCC(C)(C)c2ccc(-c3ccc4cc(C)ccc4c3)cc21. The summed E-state index contributed by atoms with van der Waals surface area (Å²) in [5, 5.41) is 7.57. The van der Waals surface area contributed by atoms with E-state index in [9.17, 15) is 0 Å². The van der Waals surface area contributed by atoms with Gasteiger partial charge in [0.1, 0.15) is 0 Å². The largest absolute Gasteiger partial charge is 0.388 e. The summed E-state index contributed by atoms with van der Waals surface area (Å²) in [5.74, 6) is 0. The summed E-state index contributed by atoms with van der Waals surface area (Å²) in [5.41, 5.74) is 6.33. The highest BCUT2D eigenvalue weighted by molar-refractivity contribution is 5.88. The van der Waals surface area contributed by atoms with Crippen LogP contribution >= 0.6 is 0 Å². The summed E-state index contributed by atoms with van der Waals surface area (Å²) in [7, 11) is 0. The number of hydrogen-bond acceptors (Lipinski definition) is 1. The summed E-state index contributed by atoms with van der Waals surface area (Å²) in [4.78, 5) is 0. The Balaban J connectivity index is 1.83. The topological polar surface area (TPSA) is 20.2 Å². The Kier molecular flexibility index (Phi) is 3.24. The highest BCUT2D eigenvalue weighted by Crippen LogP contribution is 2.43. The molecule has 1 aliphatic rings. The maximum Gasteiger partial charge on any atom is 0.211 e. The molecule has 1 heteroatoms. The Morgan fingerprint density at radius 1 is 0.958 bits per heavy atom. The molecule has 0 saturated carbocycles.